The van der Waals surface area contributed by atoms with E-state index in [9.17, 15) is 25.4 Å². The van der Waals surface area contributed by atoms with Crippen molar-refractivity contribution in [3.8, 4) is 34.4 Å². The lowest BCUT2D eigenvalue weighted by Crippen LogP contribution is -2.54. The molecule has 1 aliphatic rings. The summed E-state index contributed by atoms with van der Waals surface area (Å²) in [6.45, 7) is 10.7. The number of hydrogen-bond acceptors (Lipinski definition) is 10. The van der Waals surface area contributed by atoms with Gasteiger partial charge >= 0.3 is 5.97 Å². The second-order valence-corrected chi connectivity index (χ2v) is 14.3. The number of nitriles is 1. The maximum absolute atomic E-state index is 12.2. The molecule has 0 aliphatic carbocycles. The van der Waals surface area contributed by atoms with Crippen LogP contribution >= 0.6 is 11.6 Å². The maximum atomic E-state index is 12.2. The highest BCUT2D eigenvalue weighted by Gasteiger charge is 2.39. The van der Waals surface area contributed by atoms with Crippen molar-refractivity contribution < 1.29 is 34.3 Å². The van der Waals surface area contributed by atoms with Crippen molar-refractivity contribution in [2.24, 2.45) is 0 Å². The Morgan fingerprint density at radius 2 is 1.76 bits per heavy atom. The Bertz CT molecular complexity index is 1970. The lowest BCUT2D eigenvalue weighted by Gasteiger charge is -2.36. The van der Waals surface area contributed by atoms with Crippen LogP contribution in [0.15, 0.2) is 67.0 Å². The Morgan fingerprint density at radius 1 is 1.02 bits per heavy atom. The molecule has 3 aromatic carbocycles. The zero-order valence-electron chi connectivity index (χ0n) is 31.3. The molecule has 11 nitrogen and oxygen atoms in total. The van der Waals surface area contributed by atoms with Gasteiger partial charge in [0.2, 0.25) is 0 Å². The van der Waals surface area contributed by atoms with E-state index < -0.39 is 18.1 Å². The molecule has 2 heterocycles. The van der Waals surface area contributed by atoms with Crippen molar-refractivity contribution in [1.29, 1.82) is 5.26 Å². The number of benzene rings is 3. The number of likely N-dealkylation sites (N-methyl/N-ethyl adjacent to an activating group) is 1. The van der Waals surface area contributed by atoms with Crippen molar-refractivity contribution >= 4 is 17.6 Å². The molecule has 0 amide bonds. The first kappa shape index (κ1) is 40.5. The van der Waals surface area contributed by atoms with E-state index in [1.807, 2.05) is 31.2 Å². The van der Waals surface area contributed by atoms with Crippen molar-refractivity contribution in [3.05, 3.63) is 105 Å². The van der Waals surface area contributed by atoms with Crippen LogP contribution in [0.1, 0.15) is 60.1 Å². The lowest BCUT2D eigenvalue weighted by molar-refractivity contribution is -0.153. The summed E-state index contributed by atoms with van der Waals surface area (Å²) in [7, 11) is 0. The number of carboxylic acids is 1. The number of aliphatic hydroxyl groups is 2. The largest absolute Gasteiger partial charge is 0.493 e. The average Bonchev–Trinajstić information content (AvgIpc) is 3.59. The minimum Gasteiger partial charge on any atom is -0.493 e. The summed E-state index contributed by atoms with van der Waals surface area (Å²) in [5.74, 6) is 0.484. The quantitative estimate of drug-likeness (QED) is 0.0951. The van der Waals surface area contributed by atoms with E-state index in [-0.39, 0.29) is 25.9 Å². The predicted octanol–water partition coefficient (Wildman–Crippen LogP) is 6.54. The van der Waals surface area contributed by atoms with Gasteiger partial charge in [-0.2, -0.15) is 5.26 Å². The van der Waals surface area contributed by atoms with Gasteiger partial charge in [-0.1, -0.05) is 48.9 Å². The molecule has 4 aromatic rings. The highest BCUT2D eigenvalue weighted by atomic mass is 35.5. The van der Waals surface area contributed by atoms with Crippen molar-refractivity contribution in [2.75, 3.05) is 39.4 Å². The minimum atomic E-state index is -1.54. The Morgan fingerprint density at radius 3 is 2.44 bits per heavy atom. The molecule has 1 aliphatic heterocycles. The van der Waals surface area contributed by atoms with E-state index in [1.165, 1.54) is 13.1 Å². The van der Waals surface area contributed by atoms with Gasteiger partial charge in [-0.25, -0.2) is 0 Å². The van der Waals surface area contributed by atoms with Gasteiger partial charge in [0.1, 0.15) is 42.1 Å². The van der Waals surface area contributed by atoms with Crippen LogP contribution in [-0.2, 0) is 24.6 Å². The summed E-state index contributed by atoms with van der Waals surface area (Å²) in [5.41, 5.74) is 5.33. The molecule has 1 aromatic heterocycles. The van der Waals surface area contributed by atoms with E-state index in [0.29, 0.717) is 46.4 Å². The van der Waals surface area contributed by atoms with Crippen LogP contribution in [0.2, 0.25) is 5.02 Å². The highest BCUT2D eigenvalue weighted by Crippen LogP contribution is 2.37. The number of ether oxygens (including phenoxy) is 3. The van der Waals surface area contributed by atoms with Crippen molar-refractivity contribution in [1.82, 2.24) is 14.8 Å². The zero-order chi connectivity index (χ0) is 38.8. The van der Waals surface area contributed by atoms with Gasteiger partial charge < -0.3 is 34.4 Å². The number of β-amino-alcohol motifs (C(OH)–C–C–N with tert-alkyl or cyclic N) is 1. The number of likely N-dealkylation sites (tertiary alicyclic amines) is 1. The molecule has 0 bridgehead atoms. The Labute approximate surface area is 322 Å². The number of hydrogen-bond donors (Lipinski definition) is 3. The van der Waals surface area contributed by atoms with E-state index in [2.05, 4.69) is 41.9 Å². The molecule has 3 N–H and O–H groups in total. The van der Waals surface area contributed by atoms with Crippen LogP contribution in [0.3, 0.4) is 0 Å². The van der Waals surface area contributed by atoms with E-state index in [4.69, 9.17) is 25.8 Å². The summed E-state index contributed by atoms with van der Waals surface area (Å²) in [4.78, 5) is 20.2. The molecule has 1 fully saturated rings. The molecule has 0 radical (unpaired) electrons. The Balaban J connectivity index is 1.35. The predicted molar refractivity (Wildman–Crippen MR) is 207 cm³/mol. The van der Waals surface area contributed by atoms with Crippen molar-refractivity contribution in [2.45, 2.75) is 71.9 Å². The number of pyridine rings is 1. The highest BCUT2D eigenvalue weighted by molar-refractivity contribution is 6.32. The number of carboxylic acid groups (broad SMARTS) is 1. The SMILES string of the molecule is CCN(Cc1cc(Cl)c(OCc2cccc(-c3cccc(OCCCN4CC[C@@H](O)C4)c3C)c2C)cc1OCc1cncc(C#N)c1)C(C)(CO)C(=O)O. The molecule has 286 valence electrons. The van der Waals surface area contributed by atoms with Crippen LogP contribution in [0.5, 0.6) is 17.2 Å². The monoisotopic (exact) mass is 756 g/mol. The second kappa shape index (κ2) is 18.6. The smallest absolute Gasteiger partial charge is 0.326 e. The van der Waals surface area contributed by atoms with E-state index >= 15 is 0 Å². The molecular weight excluding hydrogens is 708 g/mol. The summed E-state index contributed by atoms with van der Waals surface area (Å²) < 4.78 is 18.8. The molecule has 1 saturated heterocycles. The van der Waals surface area contributed by atoms with Gasteiger partial charge in [0.05, 0.1) is 29.9 Å². The first-order chi connectivity index (χ1) is 26.0. The van der Waals surface area contributed by atoms with Gasteiger partial charge in [-0.3, -0.25) is 14.7 Å². The van der Waals surface area contributed by atoms with E-state index in [0.717, 1.165) is 66.0 Å². The third-order valence-electron chi connectivity index (χ3n) is 10.2. The molecule has 0 spiro atoms. The van der Waals surface area contributed by atoms with Crippen molar-refractivity contribution in [3.63, 3.8) is 0 Å². The Hall–Kier alpha value is -4.70. The average molecular weight is 757 g/mol. The lowest BCUT2D eigenvalue weighted by atomic mass is 9.93. The number of carbonyl (C=O) groups is 1. The second-order valence-electron chi connectivity index (χ2n) is 13.9. The number of aliphatic carboxylic acids is 1. The summed E-state index contributed by atoms with van der Waals surface area (Å²) >= 11 is 6.82. The fourth-order valence-electron chi connectivity index (χ4n) is 6.71. The molecule has 5 rings (SSSR count). The van der Waals surface area contributed by atoms with Gasteiger partial charge in [0.25, 0.3) is 0 Å². The van der Waals surface area contributed by atoms with Gasteiger partial charge in [-0.05, 0) is 86.2 Å². The van der Waals surface area contributed by atoms with Crippen LogP contribution in [0.25, 0.3) is 11.1 Å². The molecule has 54 heavy (non-hydrogen) atoms. The molecule has 2 atom stereocenters. The number of nitrogens with zero attached hydrogens (tertiary/aromatic N) is 4. The number of aromatic nitrogens is 1. The van der Waals surface area contributed by atoms with Crippen LogP contribution in [0, 0.1) is 25.2 Å². The summed E-state index contributed by atoms with van der Waals surface area (Å²) in [5, 5.41) is 39.5. The molecule has 1 unspecified atom stereocenters. The molecule has 12 heteroatoms. The normalized spacial score (nSPS) is 15.5. The third kappa shape index (κ3) is 9.69. The number of halogens is 1. The first-order valence-electron chi connectivity index (χ1n) is 18.2. The maximum Gasteiger partial charge on any atom is 0.326 e. The molecular formula is C42H49ClN4O7. The summed E-state index contributed by atoms with van der Waals surface area (Å²) in [6, 6.07) is 19.4. The van der Waals surface area contributed by atoms with E-state index in [1.54, 1.807) is 29.3 Å². The summed E-state index contributed by atoms with van der Waals surface area (Å²) in [6.07, 6.45) is 4.57. The topological polar surface area (TPSA) is 149 Å². The minimum absolute atomic E-state index is 0.0881. The number of aliphatic hydroxyl groups excluding tert-OH is 2. The zero-order valence-corrected chi connectivity index (χ0v) is 32.1. The van der Waals surface area contributed by atoms with Crippen LogP contribution in [0.4, 0.5) is 0 Å². The number of rotatable bonds is 18. The fraction of sp³-hybridized carbons (Fsp3) is 0.405. The van der Waals surface area contributed by atoms with Gasteiger partial charge in [0, 0.05) is 55.8 Å². The fourth-order valence-corrected chi connectivity index (χ4v) is 6.95. The molecule has 0 saturated carbocycles. The van der Waals surface area contributed by atoms with Crippen LogP contribution in [-0.4, -0.2) is 87.1 Å². The third-order valence-corrected chi connectivity index (χ3v) is 10.5. The van der Waals surface area contributed by atoms with Gasteiger partial charge in [-0.15, -0.1) is 0 Å². The standard InChI is InChI=1S/C42H49ClN4O7/c1-5-47(42(4,27-48)41(50)51)23-33-18-37(43)40(19-39(33)53-25-31-17-30(20-44)21-45-22-31)54-26-32-9-6-10-35(28(32)2)36-11-7-12-38(29(36)3)52-16-8-14-46-15-13-34(49)24-46/h6-7,9-12,17-19,21-22,34,48-49H,5,8,13-16,23-27H2,1-4H3,(H,50,51)/t34-,42?/m1/s1. The Kier molecular flexibility index (Phi) is 13.9. The first-order valence-corrected chi connectivity index (χ1v) is 18.6. The van der Waals surface area contributed by atoms with Crippen LogP contribution < -0.4 is 14.2 Å². The van der Waals surface area contributed by atoms with Gasteiger partial charge in [0.15, 0.2) is 0 Å².